The van der Waals surface area contributed by atoms with E-state index in [2.05, 4.69) is 143 Å². The molecule has 4 nitrogen and oxygen atoms in total. The van der Waals surface area contributed by atoms with E-state index in [0.717, 1.165) is 60.4 Å². The Morgan fingerprint density at radius 2 is 0.830 bits per heavy atom. The van der Waals surface area contributed by atoms with Crippen LogP contribution in [-0.2, 0) is 0 Å². The maximum atomic E-state index is 13.9. The van der Waals surface area contributed by atoms with E-state index in [4.69, 9.17) is 0 Å². The van der Waals surface area contributed by atoms with Gasteiger partial charge in [-0.1, -0.05) is 91.0 Å². The highest BCUT2D eigenvalue weighted by atomic mass is 16.1. The van der Waals surface area contributed by atoms with Crippen molar-refractivity contribution in [1.29, 1.82) is 0 Å². The highest BCUT2D eigenvalue weighted by Crippen LogP contribution is 2.41. The van der Waals surface area contributed by atoms with Crippen molar-refractivity contribution >= 4 is 81.6 Å². The summed E-state index contributed by atoms with van der Waals surface area (Å²) in [6.45, 7) is 0. The van der Waals surface area contributed by atoms with Crippen LogP contribution in [0.15, 0.2) is 156 Å². The third kappa shape index (κ3) is 3.14. The molecule has 218 valence electrons. The van der Waals surface area contributed by atoms with Gasteiger partial charge in [0.05, 0.1) is 33.1 Å². The van der Waals surface area contributed by atoms with Gasteiger partial charge in [0, 0.05) is 54.5 Å². The molecule has 0 unspecified atom stereocenters. The Morgan fingerprint density at radius 1 is 0.319 bits per heavy atom. The molecule has 7 aromatic carbocycles. The summed E-state index contributed by atoms with van der Waals surface area (Å²) < 4.78 is 6.69. The Labute approximate surface area is 267 Å². The average molecular weight is 600 g/mol. The lowest BCUT2D eigenvalue weighted by atomic mass is 10.0. The second-order valence-corrected chi connectivity index (χ2v) is 12.5. The third-order valence-electron chi connectivity index (χ3n) is 10.2. The fraction of sp³-hybridized carbons (Fsp3) is 0. The molecular weight excluding hydrogens is 574 g/mol. The number of fused-ring (bicyclic) bond motifs is 11. The third-order valence-corrected chi connectivity index (χ3v) is 10.2. The summed E-state index contributed by atoms with van der Waals surface area (Å²) in [5.41, 5.74) is 8.87. The van der Waals surface area contributed by atoms with Gasteiger partial charge < -0.3 is 9.13 Å². The largest absolute Gasteiger partial charge is 0.309 e. The van der Waals surface area contributed by atoms with Gasteiger partial charge in [-0.05, 0) is 66.0 Å². The van der Waals surface area contributed by atoms with Gasteiger partial charge in [0.25, 0.3) is 5.56 Å². The molecule has 47 heavy (non-hydrogen) atoms. The summed E-state index contributed by atoms with van der Waals surface area (Å²) >= 11 is 0. The molecule has 0 atom stereocenters. The maximum Gasteiger partial charge on any atom is 0.263 e. The number of para-hydroxylation sites is 4. The molecular formula is C43H25N3O. The van der Waals surface area contributed by atoms with Crippen LogP contribution in [0.2, 0.25) is 0 Å². The highest BCUT2D eigenvalue weighted by molar-refractivity contribution is 6.21. The monoisotopic (exact) mass is 599 g/mol. The first-order valence-corrected chi connectivity index (χ1v) is 16.0. The van der Waals surface area contributed by atoms with Crippen LogP contribution >= 0.6 is 0 Å². The second-order valence-electron chi connectivity index (χ2n) is 12.5. The van der Waals surface area contributed by atoms with Gasteiger partial charge in [-0.15, -0.1) is 0 Å². The Kier molecular flexibility index (Phi) is 4.69. The van der Waals surface area contributed by atoms with E-state index in [1.807, 2.05) is 22.6 Å². The zero-order valence-electron chi connectivity index (χ0n) is 25.2. The number of pyridine rings is 1. The predicted octanol–water partition coefficient (Wildman–Crippen LogP) is 10.4. The molecule has 0 N–H and O–H groups in total. The number of aromatic nitrogens is 3. The van der Waals surface area contributed by atoms with E-state index in [1.54, 1.807) is 0 Å². The van der Waals surface area contributed by atoms with Crippen molar-refractivity contribution in [2.45, 2.75) is 0 Å². The normalized spacial score (nSPS) is 12.3. The van der Waals surface area contributed by atoms with Gasteiger partial charge >= 0.3 is 0 Å². The molecule has 0 spiro atoms. The van der Waals surface area contributed by atoms with Crippen molar-refractivity contribution < 1.29 is 0 Å². The quantitative estimate of drug-likeness (QED) is 0.182. The number of hydrogen-bond acceptors (Lipinski definition) is 1. The molecule has 0 amide bonds. The van der Waals surface area contributed by atoms with Crippen LogP contribution in [-0.4, -0.2) is 13.5 Å². The van der Waals surface area contributed by atoms with Crippen molar-refractivity contribution in [3.8, 4) is 11.4 Å². The summed E-state index contributed by atoms with van der Waals surface area (Å²) in [5.74, 6) is 0. The lowest BCUT2D eigenvalue weighted by Crippen LogP contribution is -2.12. The summed E-state index contributed by atoms with van der Waals surface area (Å²) in [6, 6.07) is 53.6. The van der Waals surface area contributed by atoms with Crippen LogP contribution in [0.4, 0.5) is 0 Å². The minimum atomic E-state index is 0.0288. The van der Waals surface area contributed by atoms with Gasteiger partial charge in [-0.2, -0.15) is 0 Å². The molecule has 0 saturated carbocycles. The standard InChI is InChI=1S/C43H25N3O/c47-43-33-16-5-4-13-28(33)31-17-10-18-32-34-23-27(21-22-39(34)46(43)42(31)32)45-38-20-9-7-15-30(38)36-24-40-35(25-41(36)45)29-14-6-8-19-37(29)44(40)26-11-2-1-3-12-26/h1-25H. The molecule has 0 fully saturated rings. The fourth-order valence-corrected chi connectivity index (χ4v) is 8.21. The molecule has 11 rings (SSSR count). The number of nitrogens with zero attached hydrogens (tertiary/aromatic N) is 3. The Bertz CT molecular complexity index is 3140. The van der Waals surface area contributed by atoms with Crippen LogP contribution in [0.3, 0.4) is 0 Å². The number of benzene rings is 7. The van der Waals surface area contributed by atoms with Crippen molar-refractivity contribution in [2.24, 2.45) is 0 Å². The van der Waals surface area contributed by atoms with Crippen LogP contribution in [0, 0.1) is 0 Å². The van der Waals surface area contributed by atoms with E-state index in [9.17, 15) is 4.79 Å². The lowest BCUT2D eigenvalue weighted by molar-refractivity contribution is 1.17. The van der Waals surface area contributed by atoms with Crippen LogP contribution in [0.5, 0.6) is 0 Å². The second kappa shape index (κ2) is 8.87. The Hall–Kier alpha value is -6.39. The molecule has 0 aliphatic rings. The molecule has 11 aromatic rings. The van der Waals surface area contributed by atoms with Gasteiger partial charge in [0.2, 0.25) is 0 Å². The minimum absolute atomic E-state index is 0.0288. The highest BCUT2D eigenvalue weighted by Gasteiger charge is 2.21. The average Bonchev–Trinajstić information content (AvgIpc) is 3.75. The molecule has 0 radical (unpaired) electrons. The summed E-state index contributed by atoms with van der Waals surface area (Å²) in [6.07, 6.45) is 0. The first-order chi connectivity index (χ1) is 23.3. The lowest BCUT2D eigenvalue weighted by Gasteiger charge is -2.10. The predicted molar refractivity (Wildman–Crippen MR) is 196 cm³/mol. The van der Waals surface area contributed by atoms with Crippen LogP contribution in [0.25, 0.3) is 93.0 Å². The van der Waals surface area contributed by atoms with Gasteiger partial charge in [0.1, 0.15) is 0 Å². The van der Waals surface area contributed by atoms with Gasteiger partial charge in [-0.25, -0.2) is 0 Å². The smallest absolute Gasteiger partial charge is 0.263 e. The molecule has 0 aliphatic carbocycles. The first-order valence-electron chi connectivity index (χ1n) is 16.0. The first kappa shape index (κ1) is 24.9. The van der Waals surface area contributed by atoms with Crippen molar-refractivity contribution in [3.05, 3.63) is 162 Å². The van der Waals surface area contributed by atoms with E-state index in [-0.39, 0.29) is 5.56 Å². The van der Waals surface area contributed by atoms with E-state index in [0.29, 0.717) is 0 Å². The van der Waals surface area contributed by atoms with Gasteiger partial charge in [-0.3, -0.25) is 9.20 Å². The van der Waals surface area contributed by atoms with Crippen LogP contribution in [0.1, 0.15) is 0 Å². The Balaban J connectivity index is 1.27. The molecule has 4 heterocycles. The van der Waals surface area contributed by atoms with Crippen molar-refractivity contribution in [2.75, 3.05) is 0 Å². The van der Waals surface area contributed by atoms with Crippen molar-refractivity contribution in [3.63, 3.8) is 0 Å². The summed E-state index contributed by atoms with van der Waals surface area (Å²) in [4.78, 5) is 13.9. The van der Waals surface area contributed by atoms with Gasteiger partial charge in [0.15, 0.2) is 0 Å². The number of rotatable bonds is 2. The van der Waals surface area contributed by atoms with Crippen LogP contribution < -0.4 is 5.56 Å². The topological polar surface area (TPSA) is 31.3 Å². The zero-order chi connectivity index (χ0) is 30.8. The SMILES string of the molecule is O=c1c2ccccc2c2cccc3c4cc(-n5c6ccccc6c6cc7c(cc65)c5ccccc5n7-c5ccccc5)ccc4n1c23. The van der Waals surface area contributed by atoms with E-state index in [1.165, 1.54) is 32.6 Å². The minimum Gasteiger partial charge on any atom is -0.309 e. The van der Waals surface area contributed by atoms with Crippen molar-refractivity contribution in [1.82, 2.24) is 13.5 Å². The molecule has 0 bridgehead atoms. The molecule has 0 aliphatic heterocycles. The van der Waals surface area contributed by atoms with E-state index < -0.39 is 0 Å². The zero-order valence-corrected chi connectivity index (χ0v) is 25.2. The fourth-order valence-electron chi connectivity index (χ4n) is 8.21. The summed E-state index contributed by atoms with van der Waals surface area (Å²) in [5, 5.41) is 9.89. The molecule has 0 saturated heterocycles. The van der Waals surface area contributed by atoms with E-state index >= 15 is 0 Å². The maximum absolute atomic E-state index is 13.9. The summed E-state index contributed by atoms with van der Waals surface area (Å²) in [7, 11) is 0. The molecule has 4 aromatic heterocycles. The molecule has 4 heteroatoms. The Morgan fingerprint density at radius 3 is 1.51 bits per heavy atom. The number of hydrogen-bond donors (Lipinski definition) is 0.